The van der Waals surface area contributed by atoms with E-state index in [0.29, 0.717) is 23.5 Å². The van der Waals surface area contributed by atoms with Crippen LogP contribution in [0.2, 0.25) is 0 Å². The molecule has 3 aliphatic rings. The molecule has 1 aliphatic heterocycles. The number of hydrogen-bond acceptors (Lipinski definition) is 2. The van der Waals surface area contributed by atoms with Crippen LogP contribution >= 0.6 is 24.0 Å². The van der Waals surface area contributed by atoms with Gasteiger partial charge in [0.1, 0.15) is 0 Å². The smallest absolute Gasteiger partial charge is 0.191 e. The average molecular weight is 407 g/mol. The fraction of sp³-hybridized carbons (Fsp3) is 0.938. The summed E-state index contributed by atoms with van der Waals surface area (Å²) in [6.45, 7) is 7.10. The van der Waals surface area contributed by atoms with Crippen molar-refractivity contribution in [1.29, 1.82) is 0 Å². The highest BCUT2D eigenvalue weighted by atomic mass is 127. The van der Waals surface area contributed by atoms with E-state index in [-0.39, 0.29) is 24.0 Å². The molecule has 0 aromatic carbocycles. The number of nitrogens with zero attached hydrogens (tertiary/aromatic N) is 1. The molecule has 1 saturated heterocycles. The van der Waals surface area contributed by atoms with E-state index < -0.39 is 0 Å². The van der Waals surface area contributed by atoms with Crippen LogP contribution in [0.3, 0.4) is 0 Å². The molecule has 0 radical (unpaired) electrons. The van der Waals surface area contributed by atoms with Crippen LogP contribution in [0, 0.1) is 11.3 Å². The molecule has 3 unspecified atom stereocenters. The van der Waals surface area contributed by atoms with Gasteiger partial charge in [-0.25, -0.2) is 0 Å². The molecule has 3 rings (SSSR count). The molecule has 4 nitrogen and oxygen atoms in total. The van der Waals surface area contributed by atoms with E-state index in [1.807, 2.05) is 0 Å². The predicted octanol–water partition coefficient (Wildman–Crippen LogP) is 2.92. The topological polar surface area (TPSA) is 45.7 Å². The highest BCUT2D eigenvalue weighted by Crippen LogP contribution is 2.60. The molecular formula is C16H30IN3O. The molecule has 0 amide bonds. The second-order valence-corrected chi connectivity index (χ2v) is 6.57. The van der Waals surface area contributed by atoms with Gasteiger partial charge in [0.2, 0.25) is 0 Å². The summed E-state index contributed by atoms with van der Waals surface area (Å²) in [5.41, 5.74) is 0.406. The third-order valence-corrected chi connectivity index (χ3v) is 5.42. The number of halogens is 1. The van der Waals surface area contributed by atoms with Crippen molar-refractivity contribution in [3.05, 3.63) is 0 Å². The number of guanidine groups is 1. The maximum Gasteiger partial charge on any atom is 0.191 e. The highest BCUT2D eigenvalue weighted by Gasteiger charge is 2.65. The van der Waals surface area contributed by atoms with Gasteiger partial charge in [0.05, 0.1) is 6.10 Å². The summed E-state index contributed by atoms with van der Waals surface area (Å²) in [6.07, 6.45) is 8.24. The number of ether oxygens (including phenoxy) is 1. The van der Waals surface area contributed by atoms with Crippen molar-refractivity contribution in [2.45, 2.75) is 64.5 Å². The van der Waals surface area contributed by atoms with Crippen LogP contribution < -0.4 is 10.6 Å². The van der Waals surface area contributed by atoms with E-state index in [4.69, 9.17) is 4.74 Å². The van der Waals surface area contributed by atoms with Crippen LogP contribution in [0.25, 0.3) is 0 Å². The largest absolute Gasteiger partial charge is 0.377 e. The van der Waals surface area contributed by atoms with Gasteiger partial charge in [0, 0.05) is 37.1 Å². The third-order valence-electron chi connectivity index (χ3n) is 5.42. The molecule has 1 spiro atoms. The van der Waals surface area contributed by atoms with Gasteiger partial charge in [0.25, 0.3) is 0 Å². The van der Waals surface area contributed by atoms with Gasteiger partial charge in [0.15, 0.2) is 5.96 Å². The minimum Gasteiger partial charge on any atom is -0.377 e. The summed E-state index contributed by atoms with van der Waals surface area (Å²) in [6, 6.07) is 0.576. The molecule has 2 N–H and O–H groups in total. The Labute approximate surface area is 145 Å². The van der Waals surface area contributed by atoms with Gasteiger partial charge >= 0.3 is 0 Å². The number of aliphatic imine (C=N–C) groups is 1. The Morgan fingerprint density at radius 3 is 2.71 bits per heavy atom. The van der Waals surface area contributed by atoms with Crippen LogP contribution in [0.1, 0.15) is 52.4 Å². The van der Waals surface area contributed by atoms with E-state index in [1.54, 1.807) is 0 Å². The zero-order chi connectivity index (χ0) is 14.0. The van der Waals surface area contributed by atoms with Crippen molar-refractivity contribution >= 4 is 29.9 Å². The van der Waals surface area contributed by atoms with Gasteiger partial charge < -0.3 is 15.4 Å². The molecule has 122 valence electrons. The lowest BCUT2D eigenvalue weighted by atomic mass is 9.54. The van der Waals surface area contributed by atoms with Gasteiger partial charge in [-0.15, -0.1) is 24.0 Å². The van der Waals surface area contributed by atoms with E-state index in [1.165, 1.54) is 32.1 Å². The minimum atomic E-state index is 0. The molecule has 1 heterocycles. The summed E-state index contributed by atoms with van der Waals surface area (Å²) in [5, 5.41) is 7.15. The van der Waals surface area contributed by atoms with Crippen LogP contribution in [-0.4, -0.2) is 37.8 Å². The number of hydrogen-bond donors (Lipinski definition) is 2. The summed E-state index contributed by atoms with van der Waals surface area (Å²) < 4.78 is 6.04. The summed E-state index contributed by atoms with van der Waals surface area (Å²) in [4.78, 5) is 4.68. The van der Waals surface area contributed by atoms with Gasteiger partial charge in [-0.3, -0.25) is 4.99 Å². The molecule has 3 atom stereocenters. The van der Waals surface area contributed by atoms with Crippen LogP contribution in [-0.2, 0) is 4.74 Å². The molecule has 2 aliphatic carbocycles. The summed E-state index contributed by atoms with van der Waals surface area (Å²) in [7, 11) is 0. The van der Waals surface area contributed by atoms with Crippen molar-refractivity contribution in [3.63, 3.8) is 0 Å². The normalized spacial score (nSPS) is 33.2. The first-order valence-electron chi connectivity index (χ1n) is 8.48. The lowest BCUT2D eigenvalue weighted by Crippen LogP contribution is -2.69. The molecule has 5 heteroatoms. The van der Waals surface area contributed by atoms with Crippen LogP contribution in [0.4, 0.5) is 0 Å². The lowest BCUT2D eigenvalue weighted by molar-refractivity contribution is -0.125. The predicted molar refractivity (Wildman–Crippen MR) is 97.4 cm³/mol. The zero-order valence-corrected chi connectivity index (χ0v) is 15.7. The number of fused-ring (bicyclic) bond motifs is 2. The SMILES string of the molecule is CCCN=C(NCC)NC1C2CCOC2C12CCCC2.I. The monoisotopic (exact) mass is 407 g/mol. The minimum absolute atomic E-state index is 0. The van der Waals surface area contributed by atoms with Crippen LogP contribution in [0.5, 0.6) is 0 Å². The summed E-state index contributed by atoms with van der Waals surface area (Å²) >= 11 is 0. The Morgan fingerprint density at radius 1 is 1.29 bits per heavy atom. The van der Waals surface area contributed by atoms with Crippen molar-refractivity contribution in [3.8, 4) is 0 Å². The zero-order valence-electron chi connectivity index (χ0n) is 13.4. The molecule has 21 heavy (non-hydrogen) atoms. The van der Waals surface area contributed by atoms with Gasteiger partial charge in [-0.2, -0.15) is 0 Å². The van der Waals surface area contributed by atoms with Crippen molar-refractivity contribution in [2.75, 3.05) is 19.7 Å². The van der Waals surface area contributed by atoms with Gasteiger partial charge in [-0.1, -0.05) is 19.8 Å². The molecule has 3 fully saturated rings. The van der Waals surface area contributed by atoms with Gasteiger partial charge in [-0.05, 0) is 32.6 Å². The molecule has 0 aromatic rings. The molecular weight excluding hydrogens is 377 g/mol. The first-order valence-corrected chi connectivity index (χ1v) is 8.48. The third kappa shape index (κ3) is 3.05. The lowest BCUT2D eigenvalue weighted by Gasteiger charge is -2.57. The maximum absolute atomic E-state index is 6.04. The Bertz CT molecular complexity index is 369. The Kier molecular flexibility index (Phi) is 6.17. The number of nitrogens with one attached hydrogen (secondary N) is 2. The summed E-state index contributed by atoms with van der Waals surface area (Å²) in [5.74, 6) is 1.72. The van der Waals surface area contributed by atoms with E-state index in [0.717, 1.165) is 32.1 Å². The van der Waals surface area contributed by atoms with E-state index in [2.05, 4.69) is 29.5 Å². The standard InChI is InChI=1S/C16H29N3O.HI/c1-3-10-18-15(17-4-2)19-13-12-7-11-20-14(12)16(13)8-5-6-9-16;/h12-14H,3-11H2,1-2H3,(H2,17,18,19);1H. The van der Waals surface area contributed by atoms with Crippen molar-refractivity contribution in [1.82, 2.24) is 10.6 Å². The average Bonchev–Trinajstić information content (AvgIpc) is 3.09. The highest BCUT2D eigenvalue weighted by molar-refractivity contribution is 14.0. The van der Waals surface area contributed by atoms with E-state index in [9.17, 15) is 0 Å². The molecule has 0 bridgehead atoms. The Hall–Kier alpha value is -0.0400. The second-order valence-electron chi connectivity index (χ2n) is 6.57. The first kappa shape index (κ1) is 17.3. The quantitative estimate of drug-likeness (QED) is 0.428. The second kappa shape index (κ2) is 7.49. The molecule has 2 saturated carbocycles. The van der Waals surface area contributed by atoms with Crippen molar-refractivity contribution < 1.29 is 4.74 Å². The van der Waals surface area contributed by atoms with Crippen LogP contribution in [0.15, 0.2) is 4.99 Å². The molecule has 0 aromatic heterocycles. The Balaban J connectivity index is 0.00000161. The number of rotatable bonds is 4. The fourth-order valence-corrected chi connectivity index (χ4v) is 4.60. The fourth-order valence-electron chi connectivity index (χ4n) is 4.60. The Morgan fingerprint density at radius 2 is 2.05 bits per heavy atom. The van der Waals surface area contributed by atoms with Crippen molar-refractivity contribution in [2.24, 2.45) is 16.3 Å². The first-order chi connectivity index (χ1) is 9.81. The maximum atomic E-state index is 6.04. The van der Waals surface area contributed by atoms with E-state index >= 15 is 0 Å².